The molecule has 12 N–H and O–H groups in total. The average Bonchev–Trinajstić information content (AvgIpc) is 3.03. The highest BCUT2D eigenvalue weighted by Gasteiger charge is 2.53. The van der Waals surface area contributed by atoms with E-state index in [0.717, 1.165) is 13.8 Å². The van der Waals surface area contributed by atoms with Crippen LogP contribution in [0.25, 0.3) is 0 Å². The lowest BCUT2D eigenvalue weighted by molar-refractivity contribution is -0.345. The first-order chi connectivity index (χ1) is 22.7. The Morgan fingerprint density at radius 1 is 0.750 bits per heavy atom. The number of aliphatic hydroxyl groups excluding tert-OH is 7. The summed E-state index contributed by atoms with van der Waals surface area (Å²) in [4.78, 5) is 35.8. The second kappa shape index (κ2) is 19.0. The minimum Gasteiger partial charge on any atom is -0.479 e. The number of rotatable bonds is 16. The van der Waals surface area contributed by atoms with Crippen LogP contribution in [0.2, 0.25) is 0 Å². The molecular formula is C27H47N3O17S. The van der Waals surface area contributed by atoms with Crippen LogP contribution < -0.4 is 16.4 Å². The fraction of sp³-hybridized carbons (Fsp3) is 0.889. The second-order valence-corrected chi connectivity index (χ2v) is 12.7. The molecule has 20 nitrogen and oxygen atoms in total. The topological polar surface area (TPSA) is 319 Å². The van der Waals surface area contributed by atoms with Crippen molar-refractivity contribution in [3.63, 3.8) is 0 Å². The molecular weight excluding hydrogens is 670 g/mol. The van der Waals surface area contributed by atoms with Crippen molar-refractivity contribution in [3.8, 4) is 0 Å². The molecule has 0 radical (unpaired) electrons. The molecule has 3 aliphatic rings. The van der Waals surface area contributed by atoms with E-state index in [1.165, 1.54) is 0 Å². The maximum absolute atomic E-state index is 12.3. The van der Waals surface area contributed by atoms with Gasteiger partial charge in [0.25, 0.3) is 0 Å². The number of amides is 2. The molecule has 0 aromatic carbocycles. The molecule has 3 rings (SSSR count). The Morgan fingerprint density at radius 2 is 1.38 bits per heavy atom. The van der Waals surface area contributed by atoms with Crippen LogP contribution in [-0.2, 0) is 42.8 Å². The summed E-state index contributed by atoms with van der Waals surface area (Å²) in [6.45, 7) is 1.58. The molecule has 0 aromatic heterocycles. The van der Waals surface area contributed by atoms with Crippen LogP contribution in [0.1, 0.15) is 20.3 Å². The fourth-order valence-electron chi connectivity index (χ4n) is 5.41. The monoisotopic (exact) mass is 717 g/mol. The molecule has 278 valence electrons. The minimum atomic E-state index is -2.03. The lowest BCUT2D eigenvalue weighted by Crippen LogP contribution is -2.69. The molecule has 3 saturated heterocycles. The molecule has 3 aliphatic heterocycles. The van der Waals surface area contributed by atoms with Crippen LogP contribution in [0.4, 0.5) is 0 Å². The van der Waals surface area contributed by atoms with Gasteiger partial charge in [-0.15, -0.1) is 0 Å². The van der Waals surface area contributed by atoms with E-state index < -0.39 is 123 Å². The van der Waals surface area contributed by atoms with Crippen molar-refractivity contribution < 1.29 is 83.7 Å². The summed E-state index contributed by atoms with van der Waals surface area (Å²) >= 11 is 1.57. The summed E-state index contributed by atoms with van der Waals surface area (Å²) in [6, 6.07) is -2.65. The van der Waals surface area contributed by atoms with E-state index in [2.05, 4.69) is 10.6 Å². The minimum absolute atomic E-state index is 0.0852. The number of carbonyl (C=O) groups excluding carboxylic acids is 2. The number of carbonyl (C=O) groups is 3. The summed E-state index contributed by atoms with van der Waals surface area (Å²) in [5.74, 6) is -1.54. The molecule has 21 heteroatoms. The molecule has 0 bridgehead atoms. The van der Waals surface area contributed by atoms with E-state index in [4.69, 9.17) is 34.2 Å². The SMILES string of the molecule is CC(=O)N[C@H]1[C@H](OC[C@H]2O[C@@H](OCCCSCCN)[C@H](NC(C)=O)[C@@H](O[C@@H]3O[C@H](C(=O)O)[C@@H](O)[C@H](O)[C@H]3O)[C@H]2O)O[C@H](CO)[C@H](O)[C@@H]1O. The predicted octanol–water partition coefficient (Wildman–Crippen LogP) is -6.09. The summed E-state index contributed by atoms with van der Waals surface area (Å²) in [7, 11) is 0. The number of nitrogens with two attached hydrogens (primary N) is 1. The highest BCUT2D eigenvalue weighted by molar-refractivity contribution is 7.99. The molecule has 0 aliphatic carbocycles. The normalized spacial score (nSPS) is 40.2. The Hall–Kier alpha value is -1.80. The molecule has 0 spiro atoms. The number of carboxylic acid groups (broad SMARTS) is 1. The van der Waals surface area contributed by atoms with E-state index in [0.29, 0.717) is 24.5 Å². The van der Waals surface area contributed by atoms with Gasteiger partial charge < -0.3 is 85.6 Å². The van der Waals surface area contributed by atoms with Crippen LogP contribution >= 0.6 is 11.8 Å². The molecule has 48 heavy (non-hydrogen) atoms. The Bertz CT molecular complexity index is 1050. The van der Waals surface area contributed by atoms with Gasteiger partial charge in [-0.3, -0.25) is 9.59 Å². The van der Waals surface area contributed by atoms with Crippen LogP contribution in [0.5, 0.6) is 0 Å². The predicted molar refractivity (Wildman–Crippen MR) is 160 cm³/mol. The van der Waals surface area contributed by atoms with Crippen molar-refractivity contribution in [2.45, 2.75) is 112 Å². The number of carboxylic acids is 1. The van der Waals surface area contributed by atoms with Gasteiger partial charge in [0.2, 0.25) is 11.8 Å². The number of nitrogens with one attached hydrogen (secondary N) is 2. The quantitative estimate of drug-likeness (QED) is 0.0662. The van der Waals surface area contributed by atoms with E-state index in [1.807, 2.05) is 0 Å². The van der Waals surface area contributed by atoms with E-state index in [9.17, 15) is 55.2 Å². The highest BCUT2D eigenvalue weighted by Crippen LogP contribution is 2.31. The third-order valence-corrected chi connectivity index (χ3v) is 8.90. The fourth-order valence-corrected chi connectivity index (χ4v) is 6.11. The third-order valence-electron chi connectivity index (χ3n) is 7.80. The third kappa shape index (κ3) is 10.4. The van der Waals surface area contributed by atoms with Crippen molar-refractivity contribution in [1.82, 2.24) is 10.6 Å². The Labute approximate surface area is 279 Å². The lowest BCUT2D eigenvalue weighted by atomic mass is 9.95. The van der Waals surface area contributed by atoms with Gasteiger partial charge in [0, 0.05) is 26.1 Å². The van der Waals surface area contributed by atoms with Crippen molar-refractivity contribution in [3.05, 3.63) is 0 Å². The van der Waals surface area contributed by atoms with Gasteiger partial charge in [-0.05, 0) is 12.2 Å². The van der Waals surface area contributed by atoms with E-state index in [-0.39, 0.29) is 6.61 Å². The second-order valence-electron chi connectivity index (χ2n) is 11.5. The molecule has 0 saturated carbocycles. The molecule has 0 aromatic rings. The van der Waals surface area contributed by atoms with Gasteiger partial charge in [0.15, 0.2) is 25.0 Å². The maximum atomic E-state index is 12.3. The van der Waals surface area contributed by atoms with Crippen LogP contribution in [0, 0.1) is 0 Å². The molecule has 0 unspecified atom stereocenters. The number of aliphatic carboxylic acids is 1. The number of hydrogen-bond acceptors (Lipinski definition) is 18. The van der Waals surface area contributed by atoms with Crippen molar-refractivity contribution in [1.29, 1.82) is 0 Å². The standard InChI is InChI=1S/C27H47N3O17S/c1-10(32)29-14-18(36)16(34)12(8-31)44-25(14)43-9-13-17(35)22(46-27-21(39)19(37)20(38)23(47-27)24(40)41)15(30-11(2)33)26(45-13)42-5-3-6-48-7-4-28/h12-23,25-27,31,34-39H,3-9,28H2,1-2H3,(H,29,32)(H,30,33)(H,40,41)/t12-,13-,14-,15-,16+,17+,18-,19+,20+,21-,22-,23+,25-,26-,27-/m1/s1. The van der Waals surface area contributed by atoms with Gasteiger partial charge in [-0.25, -0.2) is 4.79 Å². The Kier molecular flexibility index (Phi) is 16.1. The van der Waals surface area contributed by atoms with Crippen LogP contribution in [-0.4, -0.2) is 189 Å². The van der Waals surface area contributed by atoms with E-state index >= 15 is 0 Å². The summed E-state index contributed by atoms with van der Waals surface area (Å²) in [5, 5.41) is 87.5. The van der Waals surface area contributed by atoms with Gasteiger partial charge in [-0.1, -0.05) is 0 Å². The van der Waals surface area contributed by atoms with Gasteiger partial charge >= 0.3 is 5.97 Å². The largest absolute Gasteiger partial charge is 0.479 e. The first-order valence-corrected chi connectivity index (χ1v) is 16.5. The summed E-state index contributed by atoms with van der Waals surface area (Å²) < 4.78 is 34.3. The number of aliphatic hydroxyl groups is 7. The average molecular weight is 718 g/mol. The molecule has 2 amide bonds. The van der Waals surface area contributed by atoms with Crippen molar-refractivity contribution in [2.75, 3.05) is 37.9 Å². The zero-order valence-electron chi connectivity index (χ0n) is 26.3. The number of hydrogen-bond donors (Lipinski definition) is 11. The van der Waals surface area contributed by atoms with Gasteiger partial charge in [0.1, 0.15) is 67.0 Å². The highest BCUT2D eigenvalue weighted by atomic mass is 32.2. The van der Waals surface area contributed by atoms with Crippen LogP contribution in [0.3, 0.4) is 0 Å². The number of thioether (sulfide) groups is 1. The van der Waals surface area contributed by atoms with Gasteiger partial charge in [0.05, 0.1) is 19.8 Å². The lowest BCUT2D eigenvalue weighted by Gasteiger charge is -2.48. The van der Waals surface area contributed by atoms with Crippen molar-refractivity contribution in [2.24, 2.45) is 5.73 Å². The summed E-state index contributed by atoms with van der Waals surface area (Å²) in [5.41, 5.74) is 5.52. The van der Waals surface area contributed by atoms with Crippen LogP contribution in [0.15, 0.2) is 0 Å². The summed E-state index contributed by atoms with van der Waals surface area (Å²) in [6.07, 6.45) is -21.7. The zero-order valence-corrected chi connectivity index (χ0v) is 27.2. The van der Waals surface area contributed by atoms with Gasteiger partial charge in [-0.2, -0.15) is 11.8 Å². The zero-order chi connectivity index (χ0) is 35.7. The number of ether oxygens (including phenoxy) is 6. The van der Waals surface area contributed by atoms with E-state index in [1.54, 1.807) is 11.8 Å². The van der Waals surface area contributed by atoms with Crippen molar-refractivity contribution >= 4 is 29.5 Å². The first kappa shape index (κ1) is 40.6. The Balaban J connectivity index is 1.88. The Morgan fingerprint density at radius 3 is 1.98 bits per heavy atom. The smallest absolute Gasteiger partial charge is 0.335 e. The molecule has 3 fully saturated rings. The maximum Gasteiger partial charge on any atom is 0.335 e. The first-order valence-electron chi connectivity index (χ1n) is 15.3. The molecule has 15 atom stereocenters. The molecule has 3 heterocycles.